The molecule has 2 heterocycles. The lowest BCUT2D eigenvalue weighted by atomic mass is 9.99. The van der Waals surface area contributed by atoms with Crippen molar-refractivity contribution in [1.29, 1.82) is 0 Å². The van der Waals surface area contributed by atoms with E-state index in [0.29, 0.717) is 22.8 Å². The summed E-state index contributed by atoms with van der Waals surface area (Å²) in [6, 6.07) is 10.7. The molecule has 0 bridgehead atoms. The van der Waals surface area contributed by atoms with Gasteiger partial charge in [-0.15, -0.1) is 11.3 Å². The largest absolute Gasteiger partial charge is 0.474 e. The first-order valence-corrected chi connectivity index (χ1v) is 11.7. The number of aromatic nitrogens is 2. The normalized spacial score (nSPS) is 12.6. The quantitative estimate of drug-likeness (QED) is 0.275. The third-order valence-corrected chi connectivity index (χ3v) is 6.07. The Labute approximate surface area is 195 Å². The molecule has 31 heavy (non-hydrogen) atoms. The van der Waals surface area contributed by atoms with Crippen molar-refractivity contribution in [2.45, 2.75) is 45.8 Å². The van der Waals surface area contributed by atoms with Gasteiger partial charge in [0.2, 0.25) is 11.8 Å². The van der Waals surface area contributed by atoms with Crippen LogP contribution >= 0.6 is 27.3 Å². The van der Waals surface area contributed by atoms with Crippen molar-refractivity contribution in [2.24, 2.45) is 5.10 Å². The molecular weight excluding hydrogens is 478 g/mol. The summed E-state index contributed by atoms with van der Waals surface area (Å²) in [5.41, 5.74) is 3.46. The van der Waals surface area contributed by atoms with Crippen LogP contribution in [0.15, 0.2) is 46.1 Å². The van der Waals surface area contributed by atoms with Crippen molar-refractivity contribution in [3.63, 3.8) is 0 Å². The first-order chi connectivity index (χ1) is 14.7. The zero-order chi connectivity index (χ0) is 22.4. The minimum atomic E-state index is -0.684. The summed E-state index contributed by atoms with van der Waals surface area (Å²) in [4.78, 5) is 9.72. The first-order valence-electron chi connectivity index (χ1n) is 10.0. The van der Waals surface area contributed by atoms with E-state index in [1.807, 2.05) is 25.2 Å². The molecule has 1 atom stereocenters. The van der Waals surface area contributed by atoms with Crippen molar-refractivity contribution >= 4 is 49.0 Å². The van der Waals surface area contributed by atoms with Crippen LogP contribution in [0.4, 0.5) is 5.95 Å². The van der Waals surface area contributed by atoms with Crippen molar-refractivity contribution in [1.82, 2.24) is 15.3 Å². The molecule has 0 amide bonds. The number of nitrogens with zero attached hydrogens (tertiary/aromatic N) is 3. The molecule has 0 aliphatic rings. The summed E-state index contributed by atoms with van der Waals surface area (Å²) in [5, 5.41) is 19.2. The average Bonchev–Trinajstić information content (AvgIpc) is 3.12. The molecule has 3 rings (SSSR count). The number of fused-ring (bicyclic) bond motifs is 1. The molecule has 166 valence electrons. The SMILES string of the molecule is CC(C)=NNc1ncc(Br)c(OCC(O)CNC(C)(C)Cc2cc3ccccc3s2)n1. The summed E-state index contributed by atoms with van der Waals surface area (Å²) >= 11 is 5.19. The molecule has 1 aromatic carbocycles. The molecule has 0 radical (unpaired) electrons. The Kier molecular flexibility index (Phi) is 7.99. The van der Waals surface area contributed by atoms with E-state index in [-0.39, 0.29) is 12.1 Å². The lowest BCUT2D eigenvalue weighted by Gasteiger charge is -2.27. The second kappa shape index (κ2) is 10.5. The molecular formula is C22H28BrN5O2S. The van der Waals surface area contributed by atoms with Crippen molar-refractivity contribution < 1.29 is 9.84 Å². The van der Waals surface area contributed by atoms with E-state index in [0.717, 1.165) is 12.1 Å². The van der Waals surface area contributed by atoms with Gasteiger partial charge >= 0.3 is 0 Å². The molecule has 7 nitrogen and oxygen atoms in total. The third kappa shape index (κ3) is 7.24. The Bertz CT molecular complexity index is 1020. The highest BCUT2D eigenvalue weighted by Gasteiger charge is 2.21. The topological polar surface area (TPSA) is 91.7 Å². The van der Waals surface area contributed by atoms with Gasteiger partial charge in [-0.3, -0.25) is 0 Å². The number of benzene rings is 1. The second-order valence-corrected chi connectivity index (χ2v) is 10.2. The van der Waals surface area contributed by atoms with E-state index in [9.17, 15) is 5.11 Å². The summed E-state index contributed by atoms with van der Waals surface area (Å²) < 4.78 is 7.60. The lowest BCUT2D eigenvalue weighted by Crippen LogP contribution is -2.46. The first kappa shape index (κ1) is 23.6. The van der Waals surface area contributed by atoms with Crippen LogP contribution in [0.5, 0.6) is 5.88 Å². The van der Waals surface area contributed by atoms with E-state index in [1.165, 1.54) is 15.0 Å². The number of nitrogens with one attached hydrogen (secondary N) is 2. The smallest absolute Gasteiger partial charge is 0.246 e. The van der Waals surface area contributed by atoms with Gasteiger partial charge in [0.25, 0.3) is 0 Å². The van der Waals surface area contributed by atoms with Gasteiger partial charge in [-0.1, -0.05) is 18.2 Å². The maximum absolute atomic E-state index is 10.4. The lowest BCUT2D eigenvalue weighted by molar-refractivity contribution is 0.0962. The molecule has 0 saturated carbocycles. The average molecular weight is 506 g/mol. The second-order valence-electron chi connectivity index (χ2n) is 8.17. The zero-order valence-electron chi connectivity index (χ0n) is 18.1. The molecule has 1 unspecified atom stereocenters. The van der Waals surface area contributed by atoms with Gasteiger partial charge in [-0.05, 0) is 67.6 Å². The summed E-state index contributed by atoms with van der Waals surface area (Å²) in [7, 11) is 0. The molecule has 9 heteroatoms. The van der Waals surface area contributed by atoms with Crippen LogP contribution in [0, 0.1) is 0 Å². The van der Waals surface area contributed by atoms with E-state index in [1.54, 1.807) is 6.20 Å². The summed E-state index contributed by atoms with van der Waals surface area (Å²) in [6.45, 7) is 8.53. The predicted octanol–water partition coefficient (Wildman–Crippen LogP) is 4.61. The molecule has 0 saturated heterocycles. The fourth-order valence-corrected chi connectivity index (χ4v) is 4.52. The van der Waals surface area contributed by atoms with Gasteiger partial charge in [-0.2, -0.15) is 10.1 Å². The van der Waals surface area contributed by atoms with Gasteiger partial charge in [0, 0.05) is 27.4 Å². The van der Waals surface area contributed by atoms with Crippen molar-refractivity contribution in [3.8, 4) is 5.88 Å². The predicted molar refractivity (Wildman–Crippen MR) is 131 cm³/mol. The maximum Gasteiger partial charge on any atom is 0.246 e. The molecule has 0 fully saturated rings. The number of hydrazone groups is 1. The standard InChI is InChI=1S/C22H28BrN5O2S/c1-14(2)27-28-21-24-12-18(23)20(26-21)30-13-16(29)11-25-22(3,4)10-17-9-15-7-5-6-8-19(15)31-17/h5-9,12,16,25,29H,10-11,13H2,1-4H3,(H,24,26,28). The number of anilines is 1. The minimum absolute atomic E-state index is 0.108. The number of aliphatic hydroxyl groups excluding tert-OH is 1. The van der Waals surface area contributed by atoms with Crippen LogP contribution in [0.25, 0.3) is 10.1 Å². The number of hydrogen-bond acceptors (Lipinski definition) is 8. The Balaban J connectivity index is 1.50. The Hall–Kier alpha value is -2.07. The molecule has 0 aliphatic carbocycles. The van der Waals surface area contributed by atoms with Crippen LogP contribution in [0.3, 0.4) is 0 Å². The third-order valence-electron chi connectivity index (χ3n) is 4.41. The zero-order valence-corrected chi connectivity index (χ0v) is 20.5. The van der Waals surface area contributed by atoms with Gasteiger partial charge in [0.1, 0.15) is 12.7 Å². The Morgan fingerprint density at radius 1 is 1.32 bits per heavy atom. The highest BCUT2D eigenvalue weighted by molar-refractivity contribution is 9.10. The van der Waals surface area contributed by atoms with Crippen LogP contribution in [0.2, 0.25) is 0 Å². The van der Waals surface area contributed by atoms with Crippen LogP contribution < -0.4 is 15.5 Å². The van der Waals surface area contributed by atoms with E-state index in [4.69, 9.17) is 4.74 Å². The van der Waals surface area contributed by atoms with Crippen LogP contribution in [0.1, 0.15) is 32.6 Å². The molecule has 3 aromatic rings. The monoisotopic (exact) mass is 505 g/mol. The molecule has 0 aliphatic heterocycles. The number of β-amino-alcohol motifs (C(OH)–C–C–N with tert-alkyl or cyclic N) is 1. The van der Waals surface area contributed by atoms with Crippen molar-refractivity contribution in [2.75, 3.05) is 18.6 Å². The van der Waals surface area contributed by atoms with E-state index < -0.39 is 6.10 Å². The number of halogens is 1. The highest BCUT2D eigenvalue weighted by Crippen LogP contribution is 2.28. The molecule has 2 aromatic heterocycles. The number of aliphatic hydroxyl groups is 1. The Morgan fingerprint density at radius 2 is 2.10 bits per heavy atom. The maximum atomic E-state index is 10.4. The van der Waals surface area contributed by atoms with Crippen LogP contribution in [-0.4, -0.2) is 45.6 Å². The number of hydrogen-bond donors (Lipinski definition) is 3. The van der Waals surface area contributed by atoms with Crippen molar-refractivity contribution in [3.05, 3.63) is 45.9 Å². The summed E-state index contributed by atoms with van der Waals surface area (Å²) in [6.07, 6.45) is 1.78. The fourth-order valence-electron chi connectivity index (χ4n) is 2.92. The fraction of sp³-hybridized carbons (Fsp3) is 0.409. The van der Waals surface area contributed by atoms with E-state index >= 15 is 0 Å². The number of thiophene rings is 1. The van der Waals surface area contributed by atoms with E-state index in [2.05, 4.69) is 85.9 Å². The van der Waals surface area contributed by atoms with Gasteiger partial charge in [0.15, 0.2) is 0 Å². The number of ether oxygens (including phenoxy) is 1. The molecule has 3 N–H and O–H groups in total. The van der Waals surface area contributed by atoms with Gasteiger partial charge in [-0.25, -0.2) is 10.4 Å². The number of rotatable bonds is 10. The Morgan fingerprint density at radius 3 is 2.84 bits per heavy atom. The summed E-state index contributed by atoms with van der Waals surface area (Å²) in [5.74, 6) is 0.682. The highest BCUT2D eigenvalue weighted by atomic mass is 79.9. The van der Waals surface area contributed by atoms with Crippen LogP contribution in [-0.2, 0) is 6.42 Å². The molecule has 0 spiro atoms. The minimum Gasteiger partial charge on any atom is -0.474 e. The van der Waals surface area contributed by atoms with Gasteiger partial charge < -0.3 is 15.2 Å². The van der Waals surface area contributed by atoms with Gasteiger partial charge in [0.05, 0.1) is 10.7 Å².